The smallest absolute Gasteiger partial charge is 0.396 e. The fourth-order valence-corrected chi connectivity index (χ4v) is 2.24. The Morgan fingerprint density at radius 3 is 2.57 bits per heavy atom. The molecule has 0 aromatic heterocycles. The van der Waals surface area contributed by atoms with E-state index in [0.717, 1.165) is 5.56 Å². The van der Waals surface area contributed by atoms with Crippen LogP contribution in [0.5, 0.6) is 0 Å². The Morgan fingerprint density at radius 1 is 1.30 bits per heavy atom. The van der Waals surface area contributed by atoms with Gasteiger partial charge in [0.05, 0.1) is 6.54 Å². The molecule has 0 aliphatic carbocycles. The standard InChI is InChI=1S/C9H9F2N3O3.C9H10O2.C2H6/c10-9(11)16-6-1-3-12-8(14-5-15)13-4-2-7(6)17-9;1-7-3-2-4-8(5-7)9(11)6-10;1-2/h1-2,5H,3-4H2,(H2,12,13,14,15);2-5,10H,6H2,1H3;1-2H3/b6-1+,7-2+;;. The van der Waals surface area contributed by atoms with Crippen LogP contribution in [0.25, 0.3) is 0 Å². The largest absolute Gasteiger partial charge is 0.586 e. The van der Waals surface area contributed by atoms with Gasteiger partial charge in [0.25, 0.3) is 0 Å². The molecule has 0 spiro atoms. The van der Waals surface area contributed by atoms with E-state index in [-0.39, 0.29) is 36.4 Å². The van der Waals surface area contributed by atoms with Gasteiger partial charge in [-0.25, -0.2) is 4.99 Å². The molecule has 8 nitrogen and oxygen atoms in total. The van der Waals surface area contributed by atoms with Gasteiger partial charge in [0.2, 0.25) is 6.41 Å². The molecular formula is C20H25F2N3O5. The van der Waals surface area contributed by atoms with E-state index in [4.69, 9.17) is 5.11 Å². The summed E-state index contributed by atoms with van der Waals surface area (Å²) in [5.41, 5.74) is 1.61. The molecule has 30 heavy (non-hydrogen) atoms. The first kappa shape index (κ1) is 24.8. The Hall–Kier alpha value is -3.27. The van der Waals surface area contributed by atoms with Crippen LogP contribution in [0.15, 0.2) is 52.9 Å². The lowest BCUT2D eigenvalue weighted by molar-refractivity contribution is -0.326. The molecule has 0 radical (unpaired) electrons. The second kappa shape index (κ2) is 12.3. The number of alkyl halides is 2. The summed E-state index contributed by atoms with van der Waals surface area (Å²) in [6.45, 7) is 5.75. The van der Waals surface area contributed by atoms with Crippen molar-refractivity contribution in [2.24, 2.45) is 4.99 Å². The van der Waals surface area contributed by atoms with Crippen LogP contribution in [0.1, 0.15) is 29.8 Å². The first-order valence-electron chi connectivity index (χ1n) is 9.20. The SMILES string of the molecule is CC.Cc1cccc(C(=O)CO)c1.O=CNC1=NC/C=C2/OC(F)(F)O/C2=C/CN1. The van der Waals surface area contributed by atoms with Crippen molar-refractivity contribution in [3.05, 3.63) is 59.1 Å². The van der Waals surface area contributed by atoms with Crippen LogP contribution >= 0.6 is 0 Å². The summed E-state index contributed by atoms with van der Waals surface area (Å²) in [7, 11) is 0. The van der Waals surface area contributed by atoms with Gasteiger partial charge < -0.3 is 19.9 Å². The van der Waals surface area contributed by atoms with Gasteiger partial charge in [0.15, 0.2) is 23.3 Å². The Balaban J connectivity index is 0.000000300. The number of hydrogen-bond donors (Lipinski definition) is 3. The number of benzene rings is 1. The highest BCUT2D eigenvalue weighted by Gasteiger charge is 2.45. The number of Topliss-reactive ketones (excluding diaryl/α,β-unsaturated/α-hetero) is 1. The van der Waals surface area contributed by atoms with E-state index in [9.17, 15) is 18.4 Å². The number of aliphatic imine (C=N–C) groups is 1. The van der Waals surface area contributed by atoms with Crippen LogP contribution < -0.4 is 10.6 Å². The zero-order valence-corrected chi connectivity index (χ0v) is 16.9. The predicted molar refractivity (Wildman–Crippen MR) is 107 cm³/mol. The molecule has 0 unspecified atom stereocenters. The number of halogens is 2. The average Bonchev–Trinajstić information content (AvgIpc) is 3.05. The third-order valence-electron chi connectivity index (χ3n) is 3.46. The van der Waals surface area contributed by atoms with Crippen LogP contribution in [-0.2, 0) is 14.3 Å². The number of aliphatic hydroxyl groups excluding tert-OH is 1. The number of nitrogens with one attached hydrogen (secondary N) is 2. The number of guanidine groups is 1. The number of ketones is 1. The third kappa shape index (κ3) is 8.00. The predicted octanol–water partition coefficient (Wildman–Crippen LogP) is 2.25. The fourth-order valence-electron chi connectivity index (χ4n) is 2.24. The van der Waals surface area contributed by atoms with Crippen LogP contribution in [0.2, 0.25) is 0 Å². The maximum Gasteiger partial charge on any atom is 0.586 e. The summed E-state index contributed by atoms with van der Waals surface area (Å²) >= 11 is 0. The van der Waals surface area contributed by atoms with E-state index >= 15 is 0 Å². The molecule has 0 bridgehead atoms. The normalized spacial score (nSPS) is 19.6. The van der Waals surface area contributed by atoms with Crippen molar-refractivity contribution in [1.29, 1.82) is 0 Å². The fraction of sp³-hybridized carbons (Fsp3) is 0.350. The molecule has 1 amide bonds. The minimum Gasteiger partial charge on any atom is -0.396 e. The highest BCUT2D eigenvalue weighted by Crippen LogP contribution is 2.36. The Kier molecular flexibility index (Phi) is 10.2. The molecule has 1 aromatic rings. The van der Waals surface area contributed by atoms with Crippen molar-refractivity contribution >= 4 is 18.2 Å². The summed E-state index contributed by atoms with van der Waals surface area (Å²) in [6, 6.07) is 7.18. The number of aryl methyl sites for hydroxylation is 1. The van der Waals surface area contributed by atoms with E-state index in [1.807, 2.05) is 26.8 Å². The lowest BCUT2D eigenvalue weighted by Crippen LogP contribution is -2.36. The van der Waals surface area contributed by atoms with E-state index in [2.05, 4.69) is 25.1 Å². The topological polar surface area (TPSA) is 109 Å². The van der Waals surface area contributed by atoms with E-state index in [1.165, 1.54) is 12.2 Å². The van der Waals surface area contributed by atoms with Crippen LogP contribution in [0.3, 0.4) is 0 Å². The number of aliphatic hydroxyl groups is 1. The van der Waals surface area contributed by atoms with E-state index < -0.39 is 12.9 Å². The van der Waals surface area contributed by atoms with Gasteiger partial charge in [-0.05, 0) is 25.1 Å². The van der Waals surface area contributed by atoms with Crippen molar-refractivity contribution in [3.63, 3.8) is 0 Å². The Labute approximate surface area is 173 Å². The summed E-state index contributed by atoms with van der Waals surface area (Å²) in [5, 5.41) is 13.6. The number of ether oxygens (including phenoxy) is 2. The number of carbonyl (C=O) groups is 2. The summed E-state index contributed by atoms with van der Waals surface area (Å²) in [5.74, 6) is -0.0907. The van der Waals surface area contributed by atoms with Crippen molar-refractivity contribution < 1.29 is 33.0 Å². The first-order chi connectivity index (χ1) is 14.3. The molecule has 1 saturated heterocycles. The molecule has 164 valence electrons. The number of hydrogen-bond acceptors (Lipinski definition) is 7. The summed E-state index contributed by atoms with van der Waals surface area (Å²) < 4.78 is 34.1. The van der Waals surface area contributed by atoms with Gasteiger partial charge in [-0.15, -0.1) is 8.78 Å². The molecule has 2 aliphatic rings. The number of fused-ring (bicyclic) bond motifs is 1. The van der Waals surface area contributed by atoms with Crippen molar-refractivity contribution in [2.75, 3.05) is 19.7 Å². The number of amides is 1. The Bertz CT molecular complexity index is 822. The van der Waals surface area contributed by atoms with E-state index in [1.54, 1.807) is 18.2 Å². The molecule has 0 atom stereocenters. The molecule has 3 rings (SSSR count). The van der Waals surface area contributed by atoms with Crippen LogP contribution in [-0.4, -0.2) is 49.3 Å². The maximum atomic E-state index is 12.8. The molecule has 0 saturated carbocycles. The number of nitrogens with zero attached hydrogens (tertiary/aromatic N) is 1. The van der Waals surface area contributed by atoms with E-state index in [0.29, 0.717) is 12.0 Å². The lowest BCUT2D eigenvalue weighted by Gasteiger charge is -2.06. The zero-order chi connectivity index (χ0) is 22.6. The summed E-state index contributed by atoms with van der Waals surface area (Å²) in [4.78, 5) is 25.1. The van der Waals surface area contributed by atoms with Crippen molar-refractivity contribution in [3.8, 4) is 0 Å². The highest BCUT2D eigenvalue weighted by atomic mass is 19.3. The van der Waals surface area contributed by atoms with Gasteiger partial charge in [0, 0.05) is 12.1 Å². The molecule has 10 heteroatoms. The highest BCUT2D eigenvalue weighted by molar-refractivity contribution is 5.97. The van der Waals surface area contributed by atoms with Gasteiger partial charge >= 0.3 is 6.29 Å². The van der Waals surface area contributed by atoms with Gasteiger partial charge in [-0.1, -0.05) is 37.6 Å². The second-order valence-electron chi connectivity index (χ2n) is 5.59. The number of rotatable bonds is 3. The first-order valence-corrected chi connectivity index (χ1v) is 9.20. The van der Waals surface area contributed by atoms with Crippen LogP contribution in [0.4, 0.5) is 8.78 Å². The molecule has 1 aromatic carbocycles. The lowest BCUT2D eigenvalue weighted by atomic mass is 10.1. The molecule has 1 fully saturated rings. The van der Waals surface area contributed by atoms with Crippen molar-refractivity contribution in [1.82, 2.24) is 10.6 Å². The minimum atomic E-state index is -3.63. The van der Waals surface area contributed by atoms with Gasteiger partial charge in [-0.2, -0.15) is 0 Å². The van der Waals surface area contributed by atoms with Crippen molar-refractivity contribution in [2.45, 2.75) is 27.1 Å². The molecule has 3 N–H and O–H groups in total. The zero-order valence-electron chi connectivity index (χ0n) is 16.9. The minimum absolute atomic E-state index is 0.0509. The third-order valence-corrected chi connectivity index (χ3v) is 3.46. The molecular weight excluding hydrogens is 400 g/mol. The number of carbonyl (C=O) groups excluding carboxylic acids is 2. The van der Waals surface area contributed by atoms with Gasteiger partial charge in [0.1, 0.15) is 6.61 Å². The quantitative estimate of drug-likeness (QED) is 0.506. The summed E-state index contributed by atoms with van der Waals surface area (Å²) in [6.07, 6.45) is -0.456. The second-order valence-corrected chi connectivity index (χ2v) is 5.59. The average molecular weight is 425 g/mol. The maximum absolute atomic E-state index is 12.8. The van der Waals surface area contributed by atoms with Crippen LogP contribution in [0, 0.1) is 6.92 Å². The van der Waals surface area contributed by atoms with Gasteiger partial charge in [-0.3, -0.25) is 14.9 Å². The molecule has 2 heterocycles. The molecule has 2 aliphatic heterocycles. The monoisotopic (exact) mass is 425 g/mol. The Morgan fingerprint density at radius 2 is 1.97 bits per heavy atom.